The van der Waals surface area contributed by atoms with Gasteiger partial charge in [0.05, 0.1) is 50.8 Å². The minimum absolute atomic E-state index is 0.203. The van der Waals surface area contributed by atoms with Crippen LogP contribution >= 0.6 is 0 Å². The molecule has 2 amide bonds. The first kappa shape index (κ1) is 84.6. The Bertz CT molecular complexity index is 1590. The molecule has 18 heteroatoms. The van der Waals surface area contributed by atoms with Crippen molar-refractivity contribution in [1.82, 2.24) is 20.4 Å². The zero-order chi connectivity index (χ0) is 66.6. The lowest BCUT2D eigenvalue weighted by atomic mass is 10.0. The summed E-state index contributed by atoms with van der Waals surface area (Å²) in [4.78, 5) is 81.1. The fraction of sp³-hybridized carbons (Fsp3) is 0.917. The summed E-state index contributed by atoms with van der Waals surface area (Å²) < 4.78 is 22.3. The normalized spacial score (nSPS) is 17.0. The zero-order valence-corrected chi connectivity index (χ0v) is 58.5. The Balaban J connectivity index is 2.82. The molecule has 1 saturated heterocycles. The van der Waals surface area contributed by atoms with E-state index in [0.29, 0.717) is 231 Å². The van der Waals surface area contributed by atoms with Gasteiger partial charge < -0.3 is 50.0 Å². The number of unbranched alkanes of at least 4 members (excludes halogenated alkanes) is 10. The molecular weight excluding hydrogens is 1140 g/mol. The first-order valence-corrected chi connectivity index (χ1v) is 36.8. The van der Waals surface area contributed by atoms with Gasteiger partial charge in [-0.1, -0.05) is 158 Å². The molecule has 0 bridgehead atoms. The number of nitrogens with one attached hydrogen (secondary N) is 2. The molecule has 528 valence electrons. The fourth-order valence-corrected chi connectivity index (χ4v) is 11.8. The van der Waals surface area contributed by atoms with E-state index < -0.39 is 36.5 Å². The van der Waals surface area contributed by atoms with Crippen LogP contribution in [0, 0.1) is 23.7 Å². The first-order chi connectivity index (χ1) is 43.4. The number of piperazine rings is 1. The van der Waals surface area contributed by atoms with E-state index in [1.165, 1.54) is 0 Å². The van der Waals surface area contributed by atoms with Crippen LogP contribution in [0.25, 0.3) is 0 Å². The van der Waals surface area contributed by atoms with E-state index in [2.05, 4.69) is 75.8 Å². The summed E-state index contributed by atoms with van der Waals surface area (Å²) in [6.07, 6.45) is 26.0. The van der Waals surface area contributed by atoms with Gasteiger partial charge in [-0.15, -0.1) is 0 Å². The molecule has 0 aliphatic carbocycles. The van der Waals surface area contributed by atoms with Gasteiger partial charge in [-0.2, -0.15) is 0 Å². The summed E-state index contributed by atoms with van der Waals surface area (Å²) in [5.41, 5.74) is 0. The first-order valence-electron chi connectivity index (χ1n) is 36.8. The van der Waals surface area contributed by atoms with Gasteiger partial charge in [-0.3, -0.25) is 38.6 Å². The molecular formula is C72H136N4O14. The number of hydrogen-bond acceptors (Lipinski definition) is 16. The monoisotopic (exact) mass is 1280 g/mol. The van der Waals surface area contributed by atoms with Gasteiger partial charge in [0.2, 0.25) is 11.8 Å². The lowest BCUT2D eigenvalue weighted by Crippen LogP contribution is -2.61. The van der Waals surface area contributed by atoms with Crippen molar-refractivity contribution in [2.75, 3.05) is 65.7 Å². The average molecular weight is 1280 g/mol. The van der Waals surface area contributed by atoms with Gasteiger partial charge >= 0.3 is 23.9 Å². The molecule has 1 heterocycles. The minimum atomic E-state index is -0.687. The average Bonchev–Trinajstić information content (AvgIpc) is 1.91. The number of carbonyl (C=O) groups excluding carboxylic acids is 6. The highest BCUT2D eigenvalue weighted by Crippen LogP contribution is 2.20. The van der Waals surface area contributed by atoms with Crippen molar-refractivity contribution in [3.63, 3.8) is 0 Å². The van der Waals surface area contributed by atoms with Crippen molar-refractivity contribution < 1.29 is 68.1 Å². The van der Waals surface area contributed by atoms with Crippen LogP contribution in [0.1, 0.15) is 299 Å². The lowest BCUT2D eigenvalue weighted by Gasteiger charge is -2.31. The summed E-state index contributed by atoms with van der Waals surface area (Å²) in [6.45, 7) is 21.4. The predicted octanol–water partition coefficient (Wildman–Crippen LogP) is 12.6. The van der Waals surface area contributed by atoms with Gasteiger partial charge in [0.1, 0.15) is 12.1 Å². The molecule has 1 aliphatic rings. The second kappa shape index (κ2) is 56.0. The quantitative estimate of drug-likeness (QED) is 0.0188. The van der Waals surface area contributed by atoms with Gasteiger partial charge in [-0.25, -0.2) is 0 Å². The van der Waals surface area contributed by atoms with E-state index >= 15 is 0 Å². The van der Waals surface area contributed by atoms with Crippen molar-refractivity contribution in [2.45, 2.75) is 336 Å². The van der Waals surface area contributed by atoms with Gasteiger partial charge in [0, 0.05) is 51.9 Å². The smallest absolute Gasteiger partial charge is 0.305 e. The molecule has 0 aromatic rings. The summed E-state index contributed by atoms with van der Waals surface area (Å²) in [5, 5.41) is 50.7. The van der Waals surface area contributed by atoms with Crippen LogP contribution in [-0.2, 0) is 47.7 Å². The summed E-state index contributed by atoms with van der Waals surface area (Å²) >= 11 is 0. The van der Waals surface area contributed by atoms with E-state index in [1.807, 2.05) is 0 Å². The van der Waals surface area contributed by atoms with Gasteiger partial charge in [0.15, 0.2) is 0 Å². The molecule has 90 heavy (non-hydrogen) atoms. The zero-order valence-electron chi connectivity index (χ0n) is 58.5. The number of ether oxygens (including phenoxy) is 4. The van der Waals surface area contributed by atoms with Crippen LogP contribution in [0.5, 0.6) is 0 Å². The van der Waals surface area contributed by atoms with Crippen LogP contribution in [-0.4, -0.2) is 168 Å². The molecule has 6 N–H and O–H groups in total. The number of amides is 2. The second-order valence-corrected chi connectivity index (χ2v) is 26.6. The molecule has 10 atom stereocenters. The number of rotatable bonds is 62. The maximum Gasteiger partial charge on any atom is 0.305 e. The highest BCUT2D eigenvalue weighted by molar-refractivity contribution is 5.96. The standard InChI is InChI=1S/C72H136N4O14/c1-9-17-33-57(13-5)53-87-67(81)43-25-21-37-61(77)49-75(50-62(78)38-22-26-44-68(82)88-54-58(14-6)34-18-10-2)47-31-29-41-65-71(85)74-66(72(86)73-65)42-30-32-48-76(51-63(79)39-23-27-45-69(83)89-55-59(15-7)35-19-11-3)52-64(80)40-24-28-46-70(84)90-56-60(16-8)36-20-12-4/h57-66,77-80H,9-56H2,1-8H3,(H,73,86)(H,74,85). The van der Waals surface area contributed by atoms with Crippen LogP contribution in [0.2, 0.25) is 0 Å². The van der Waals surface area contributed by atoms with E-state index in [4.69, 9.17) is 18.9 Å². The summed E-state index contributed by atoms with van der Waals surface area (Å²) in [7, 11) is 0. The molecule has 0 radical (unpaired) electrons. The third kappa shape index (κ3) is 45.0. The number of carbonyl (C=O) groups is 6. The largest absolute Gasteiger partial charge is 0.465 e. The van der Waals surface area contributed by atoms with Crippen LogP contribution in [0.4, 0.5) is 0 Å². The molecule has 0 aromatic heterocycles. The Morgan fingerprint density at radius 2 is 0.600 bits per heavy atom. The van der Waals surface area contributed by atoms with Crippen molar-refractivity contribution >= 4 is 35.7 Å². The maximum atomic E-state index is 13.5. The Hall–Kier alpha value is -3.42. The van der Waals surface area contributed by atoms with Gasteiger partial charge in [0.25, 0.3) is 0 Å². The van der Waals surface area contributed by atoms with E-state index in [-0.39, 0.29) is 35.7 Å². The third-order valence-corrected chi connectivity index (χ3v) is 18.3. The van der Waals surface area contributed by atoms with E-state index in [1.54, 1.807) is 0 Å². The highest BCUT2D eigenvalue weighted by Gasteiger charge is 2.33. The molecule has 0 saturated carbocycles. The number of nitrogens with zero attached hydrogens (tertiary/aromatic N) is 2. The van der Waals surface area contributed by atoms with E-state index in [9.17, 15) is 49.2 Å². The minimum Gasteiger partial charge on any atom is -0.465 e. The Kier molecular flexibility index (Phi) is 52.6. The van der Waals surface area contributed by atoms with Crippen LogP contribution in [0.3, 0.4) is 0 Å². The van der Waals surface area contributed by atoms with Crippen LogP contribution < -0.4 is 10.6 Å². The van der Waals surface area contributed by atoms with Crippen molar-refractivity contribution in [3.05, 3.63) is 0 Å². The Morgan fingerprint density at radius 1 is 0.356 bits per heavy atom. The number of esters is 4. The molecule has 1 fully saturated rings. The van der Waals surface area contributed by atoms with Crippen molar-refractivity contribution in [1.29, 1.82) is 0 Å². The SMILES string of the molecule is CCCCC(CC)COC(=O)CCCCC(O)CN(CCCCC1NC(=O)C(CCCCN(CC(O)CCCCC(=O)OCC(CC)CCCC)CC(O)CCCCC(=O)OCC(CC)CCCC)NC1=O)CC(O)CCCCC(=O)OCC(CC)CCCC. The second-order valence-electron chi connectivity index (χ2n) is 26.6. The van der Waals surface area contributed by atoms with Gasteiger partial charge in [-0.05, 0) is 152 Å². The lowest BCUT2D eigenvalue weighted by molar-refractivity contribution is -0.146. The van der Waals surface area contributed by atoms with Crippen LogP contribution in [0.15, 0.2) is 0 Å². The molecule has 0 spiro atoms. The number of hydrogen-bond donors (Lipinski definition) is 6. The number of aliphatic hydroxyl groups excluding tert-OH is 4. The topological polar surface area (TPSA) is 251 Å². The van der Waals surface area contributed by atoms with Crippen molar-refractivity contribution in [2.24, 2.45) is 23.7 Å². The Morgan fingerprint density at radius 3 is 0.822 bits per heavy atom. The molecule has 1 aliphatic heterocycles. The molecule has 10 unspecified atom stereocenters. The molecule has 18 nitrogen and oxygen atoms in total. The van der Waals surface area contributed by atoms with Crippen molar-refractivity contribution in [3.8, 4) is 0 Å². The van der Waals surface area contributed by atoms with E-state index in [0.717, 1.165) is 103 Å². The Labute approximate surface area is 547 Å². The third-order valence-electron chi connectivity index (χ3n) is 18.3. The predicted molar refractivity (Wildman–Crippen MR) is 359 cm³/mol. The summed E-state index contributed by atoms with van der Waals surface area (Å²) in [6, 6.07) is -1.37. The molecule has 0 aromatic carbocycles. The summed E-state index contributed by atoms with van der Waals surface area (Å²) in [5.74, 6) is 0.242. The molecule has 1 rings (SSSR count). The fourth-order valence-electron chi connectivity index (χ4n) is 11.8. The highest BCUT2D eigenvalue weighted by atomic mass is 16.5. The number of aliphatic hydroxyl groups is 4. The maximum absolute atomic E-state index is 13.5.